The Labute approximate surface area is 93.1 Å². The Morgan fingerprint density at radius 1 is 1.62 bits per heavy atom. The maximum absolute atomic E-state index is 11.5. The van der Waals surface area contributed by atoms with Gasteiger partial charge in [-0.05, 0) is 19.9 Å². The highest BCUT2D eigenvalue weighted by Gasteiger charge is 2.12. The van der Waals surface area contributed by atoms with Crippen molar-refractivity contribution < 1.29 is 14.7 Å². The lowest BCUT2D eigenvalue weighted by Gasteiger charge is -2.10. The number of carboxylic acid groups (broad SMARTS) is 1. The minimum atomic E-state index is -0.927. The minimum absolute atomic E-state index is 0.0780. The molecule has 1 aromatic rings. The predicted molar refractivity (Wildman–Crippen MR) is 56.9 cm³/mol. The van der Waals surface area contributed by atoms with Gasteiger partial charge in [0.15, 0.2) is 0 Å². The Balaban J connectivity index is 2.38. The molecule has 0 bridgehead atoms. The summed E-state index contributed by atoms with van der Waals surface area (Å²) in [5.41, 5.74) is 1.54. The van der Waals surface area contributed by atoms with Crippen molar-refractivity contribution in [3.05, 3.63) is 17.5 Å². The number of hydrogen-bond acceptors (Lipinski definition) is 3. The summed E-state index contributed by atoms with van der Waals surface area (Å²) >= 11 is 0. The van der Waals surface area contributed by atoms with Gasteiger partial charge in [-0.25, -0.2) is 0 Å². The second-order valence-electron chi connectivity index (χ2n) is 3.79. The Morgan fingerprint density at radius 2 is 2.31 bits per heavy atom. The third kappa shape index (κ3) is 4.12. The number of nitrogens with one attached hydrogen (secondary N) is 2. The zero-order chi connectivity index (χ0) is 12.1. The number of carbonyl (C=O) groups is 2. The van der Waals surface area contributed by atoms with Crippen LogP contribution in [-0.2, 0) is 16.0 Å². The molecule has 0 saturated carbocycles. The van der Waals surface area contributed by atoms with E-state index >= 15 is 0 Å². The number of carbonyl (C=O) groups excluding carboxylic acids is 1. The highest BCUT2D eigenvalue weighted by molar-refractivity contribution is 5.79. The van der Waals surface area contributed by atoms with Crippen LogP contribution in [0.1, 0.15) is 24.7 Å². The molecule has 1 rings (SSSR count). The molecule has 0 aliphatic carbocycles. The molecule has 3 N–H and O–H groups in total. The average Bonchev–Trinajstić information content (AvgIpc) is 2.48. The van der Waals surface area contributed by atoms with E-state index in [9.17, 15) is 9.59 Å². The SMILES string of the molecule is Cc1cc(CC(=O)NC(C)CC(=O)O)n[nH]1. The average molecular weight is 225 g/mol. The summed E-state index contributed by atoms with van der Waals surface area (Å²) in [6.07, 6.45) is 0.0830. The molecule has 1 heterocycles. The second-order valence-corrected chi connectivity index (χ2v) is 3.79. The lowest BCUT2D eigenvalue weighted by atomic mass is 10.2. The summed E-state index contributed by atoms with van der Waals surface area (Å²) in [7, 11) is 0. The van der Waals surface area contributed by atoms with E-state index in [0.717, 1.165) is 5.69 Å². The van der Waals surface area contributed by atoms with E-state index < -0.39 is 5.97 Å². The number of aliphatic carboxylic acids is 1. The first-order valence-corrected chi connectivity index (χ1v) is 4.99. The summed E-state index contributed by atoms with van der Waals surface area (Å²) in [4.78, 5) is 21.8. The first-order chi connectivity index (χ1) is 7.47. The predicted octanol–water partition coefficient (Wildman–Crippen LogP) is 0.240. The first kappa shape index (κ1) is 12.2. The van der Waals surface area contributed by atoms with Crippen LogP contribution in [0.15, 0.2) is 6.07 Å². The molecule has 0 fully saturated rings. The number of aryl methyl sites for hydroxylation is 1. The zero-order valence-corrected chi connectivity index (χ0v) is 9.28. The number of nitrogens with zero attached hydrogens (tertiary/aromatic N) is 1. The molecule has 1 unspecified atom stereocenters. The maximum Gasteiger partial charge on any atom is 0.305 e. The van der Waals surface area contributed by atoms with Crippen LogP contribution >= 0.6 is 0 Å². The van der Waals surface area contributed by atoms with Crippen molar-refractivity contribution in [1.82, 2.24) is 15.5 Å². The normalized spacial score (nSPS) is 12.1. The minimum Gasteiger partial charge on any atom is -0.481 e. The van der Waals surface area contributed by atoms with Gasteiger partial charge in [-0.15, -0.1) is 0 Å². The number of amides is 1. The van der Waals surface area contributed by atoms with Crippen LogP contribution in [0.25, 0.3) is 0 Å². The van der Waals surface area contributed by atoms with Gasteiger partial charge in [0, 0.05) is 11.7 Å². The van der Waals surface area contributed by atoms with Crippen molar-refractivity contribution in [2.24, 2.45) is 0 Å². The van der Waals surface area contributed by atoms with Crippen molar-refractivity contribution in [2.45, 2.75) is 32.7 Å². The van der Waals surface area contributed by atoms with Crippen molar-refractivity contribution in [3.63, 3.8) is 0 Å². The number of aromatic nitrogens is 2. The molecule has 0 aliphatic rings. The largest absolute Gasteiger partial charge is 0.481 e. The topological polar surface area (TPSA) is 95.1 Å². The molecule has 1 atom stereocenters. The molecule has 1 amide bonds. The Kier molecular flexibility index (Phi) is 4.04. The highest BCUT2D eigenvalue weighted by Crippen LogP contribution is 1.99. The highest BCUT2D eigenvalue weighted by atomic mass is 16.4. The van der Waals surface area contributed by atoms with Gasteiger partial charge in [0.25, 0.3) is 0 Å². The van der Waals surface area contributed by atoms with Gasteiger partial charge < -0.3 is 10.4 Å². The van der Waals surface area contributed by atoms with E-state index in [1.165, 1.54) is 0 Å². The van der Waals surface area contributed by atoms with E-state index in [1.807, 2.05) is 6.92 Å². The van der Waals surface area contributed by atoms with Crippen LogP contribution < -0.4 is 5.32 Å². The Bertz CT molecular complexity index is 386. The molecule has 0 aliphatic heterocycles. The van der Waals surface area contributed by atoms with Crippen molar-refractivity contribution in [2.75, 3.05) is 0 Å². The molecule has 6 nitrogen and oxygen atoms in total. The van der Waals surface area contributed by atoms with Crippen molar-refractivity contribution in [1.29, 1.82) is 0 Å². The lowest BCUT2D eigenvalue weighted by molar-refractivity contribution is -0.137. The fraction of sp³-hybridized carbons (Fsp3) is 0.500. The molecule has 0 saturated heterocycles. The molecule has 0 radical (unpaired) electrons. The lowest BCUT2D eigenvalue weighted by Crippen LogP contribution is -2.35. The van der Waals surface area contributed by atoms with Gasteiger partial charge in [-0.1, -0.05) is 0 Å². The van der Waals surface area contributed by atoms with Gasteiger partial charge >= 0.3 is 5.97 Å². The van der Waals surface area contributed by atoms with Crippen LogP contribution in [0.2, 0.25) is 0 Å². The van der Waals surface area contributed by atoms with Crippen LogP contribution in [0.4, 0.5) is 0 Å². The molecule has 0 spiro atoms. The number of hydrogen-bond donors (Lipinski definition) is 3. The summed E-state index contributed by atoms with van der Waals surface area (Å²) < 4.78 is 0. The quantitative estimate of drug-likeness (QED) is 0.669. The van der Waals surface area contributed by atoms with E-state index in [-0.39, 0.29) is 24.8 Å². The molecule has 88 valence electrons. The molecular formula is C10H15N3O3. The Morgan fingerprint density at radius 3 is 2.81 bits per heavy atom. The fourth-order valence-electron chi connectivity index (χ4n) is 1.37. The summed E-state index contributed by atoms with van der Waals surface area (Å²) in [5.74, 6) is -1.15. The van der Waals surface area contributed by atoms with Crippen molar-refractivity contribution in [3.8, 4) is 0 Å². The van der Waals surface area contributed by atoms with Crippen LogP contribution in [0.5, 0.6) is 0 Å². The standard InChI is InChI=1S/C10H15N3O3/c1-6(4-10(15)16)11-9(14)5-8-3-7(2)12-13-8/h3,6H,4-5H2,1-2H3,(H,11,14)(H,12,13)(H,15,16). The first-order valence-electron chi connectivity index (χ1n) is 4.99. The van der Waals surface area contributed by atoms with Crippen LogP contribution in [-0.4, -0.2) is 33.2 Å². The zero-order valence-electron chi connectivity index (χ0n) is 9.28. The summed E-state index contributed by atoms with van der Waals surface area (Å²) in [6, 6.07) is 1.41. The number of carboxylic acids is 1. The Hall–Kier alpha value is -1.85. The van der Waals surface area contributed by atoms with E-state index in [2.05, 4.69) is 15.5 Å². The molecule has 1 aromatic heterocycles. The van der Waals surface area contributed by atoms with Gasteiger partial charge in [0.2, 0.25) is 5.91 Å². The van der Waals surface area contributed by atoms with Gasteiger partial charge in [-0.3, -0.25) is 14.7 Å². The number of H-pyrrole nitrogens is 1. The summed E-state index contributed by atoms with van der Waals surface area (Å²) in [5, 5.41) is 17.8. The smallest absolute Gasteiger partial charge is 0.305 e. The fourth-order valence-corrected chi connectivity index (χ4v) is 1.37. The third-order valence-electron chi connectivity index (χ3n) is 1.99. The molecule has 0 aromatic carbocycles. The van der Waals surface area contributed by atoms with Gasteiger partial charge in [0.05, 0.1) is 18.5 Å². The monoisotopic (exact) mass is 225 g/mol. The van der Waals surface area contributed by atoms with Crippen LogP contribution in [0.3, 0.4) is 0 Å². The number of aromatic amines is 1. The molecule has 6 heteroatoms. The van der Waals surface area contributed by atoms with E-state index in [4.69, 9.17) is 5.11 Å². The van der Waals surface area contributed by atoms with E-state index in [0.29, 0.717) is 5.69 Å². The summed E-state index contributed by atoms with van der Waals surface area (Å²) in [6.45, 7) is 3.50. The third-order valence-corrected chi connectivity index (χ3v) is 1.99. The molecule has 16 heavy (non-hydrogen) atoms. The van der Waals surface area contributed by atoms with Crippen molar-refractivity contribution >= 4 is 11.9 Å². The molecular weight excluding hydrogens is 210 g/mol. The van der Waals surface area contributed by atoms with E-state index in [1.54, 1.807) is 13.0 Å². The number of rotatable bonds is 5. The van der Waals surface area contributed by atoms with Gasteiger partial charge in [-0.2, -0.15) is 5.10 Å². The van der Waals surface area contributed by atoms with Gasteiger partial charge in [0.1, 0.15) is 0 Å². The maximum atomic E-state index is 11.5. The second kappa shape index (κ2) is 5.29. The van der Waals surface area contributed by atoms with Crippen LogP contribution in [0, 0.1) is 6.92 Å².